The molecule has 2 heterocycles. The molecule has 1 atom stereocenters. The predicted octanol–water partition coefficient (Wildman–Crippen LogP) is 2.32. The lowest BCUT2D eigenvalue weighted by molar-refractivity contribution is 0.358. The van der Waals surface area contributed by atoms with Gasteiger partial charge in [0.15, 0.2) is 0 Å². The van der Waals surface area contributed by atoms with Crippen LogP contribution in [-0.4, -0.2) is 30.3 Å². The van der Waals surface area contributed by atoms with Crippen LogP contribution in [-0.2, 0) is 6.42 Å². The van der Waals surface area contributed by atoms with Gasteiger partial charge in [0.05, 0.1) is 7.11 Å². The standard InChI is InChI=1S/C14H17N3O2.ClH/c1-18-12-4-2-3-11(8-12)14-16-13(19-17-14)7-10-5-6-15-9-10;/h2-4,8,10,15H,5-7,9H2,1H3;1H. The Hall–Kier alpha value is -1.59. The Balaban J connectivity index is 0.00000147. The predicted molar refractivity (Wildman–Crippen MR) is 78.2 cm³/mol. The lowest BCUT2D eigenvalue weighted by Gasteiger charge is -2.02. The summed E-state index contributed by atoms with van der Waals surface area (Å²) in [7, 11) is 1.65. The second kappa shape index (κ2) is 6.72. The monoisotopic (exact) mass is 295 g/mol. The van der Waals surface area contributed by atoms with Crippen LogP contribution in [0.3, 0.4) is 0 Å². The lowest BCUT2D eigenvalue weighted by atomic mass is 10.1. The van der Waals surface area contributed by atoms with E-state index in [1.54, 1.807) is 7.11 Å². The van der Waals surface area contributed by atoms with Crippen molar-refractivity contribution in [2.45, 2.75) is 12.8 Å². The minimum atomic E-state index is 0. The van der Waals surface area contributed by atoms with Crippen molar-refractivity contribution in [1.82, 2.24) is 15.5 Å². The van der Waals surface area contributed by atoms with Gasteiger partial charge in [0.1, 0.15) is 5.75 Å². The molecule has 5 nitrogen and oxygen atoms in total. The van der Waals surface area contributed by atoms with Crippen LogP contribution >= 0.6 is 12.4 Å². The zero-order valence-electron chi connectivity index (χ0n) is 11.3. The summed E-state index contributed by atoms with van der Waals surface area (Å²) in [4.78, 5) is 4.46. The average molecular weight is 296 g/mol. The zero-order valence-corrected chi connectivity index (χ0v) is 12.2. The normalized spacial score (nSPS) is 17.8. The molecule has 1 aliphatic heterocycles. The SMILES string of the molecule is COc1cccc(-c2noc(CC3CCNC3)n2)c1.Cl. The summed E-state index contributed by atoms with van der Waals surface area (Å²) >= 11 is 0. The molecule has 20 heavy (non-hydrogen) atoms. The summed E-state index contributed by atoms with van der Waals surface area (Å²) in [5.41, 5.74) is 0.916. The molecule has 1 saturated heterocycles. The Morgan fingerprint density at radius 3 is 3.10 bits per heavy atom. The molecule has 1 unspecified atom stereocenters. The fourth-order valence-electron chi connectivity index (χ4n) is 2.35. The average Bonchev–Trinajstić information content (AvgIpc) is 3.11. The van der Waals surface area contributed by atoms with Crippen molar-refractivity contribution in [3.05, 3.63) is 30.2 Å². The molecule has 0 radical (unpaired) electrons. The first-order chi connectivity index (χ1) is 9.35. The summed E-state index contributed by atoms with van der Waals surface area (Å²) in [6.07, 6.45) is 2.03. The number of methoxy groups -OCH3 is 1. The van der Waals surface area contributed by atoms with Gasteiger partial charge in [-0.2, -0.15) is 4.98 Å². The van der Waals surface area contributed by atoms with Crippen molar-refractivity contribution < 1.29 is 9.26 Å². The fourth-order valence-corrected chi connectivity index (χ4v) is 2.35. The van der Waals surface area contributed by atoms with Crippen LogP contribution in [0.15, 0.2) is 28.8 Å². The first kappa shape index (κ1) is 14.8. The topological polar surface area (TPSA) is 60.2 Å². The minimum absolute atomic E-state index is 0. The number of rotatable bonds is 4. The Bertz CT molecular complexity index is 553. The van der Waals surface area contributed by atoms with Gasteiger partial charge in [-0.3, -0.25) is 0 Å². The van der Waals surface area contributed by atoms with E-state index in [1.165, 1.54) is 6.42 Å². The van der Waals surface area contributed by atoms with E-state index in [9.17, 15) is 0 Å². The van der Waals surface area contributed by atoms with Crippen LogP contribution < -0.4 is 10.1 Å². The third kappa shape index (κ3) is 3.29. The highest BCUT2D eigenvalue weighted by Crippen LogP contribution is 2.22. The number of hydrogen-bond donors (Lipinski definition) is 1. The quantitative estimate of drug-likeness (QED) is 0.938. The van der Waals surface area contributed by atoms with Crippen LogP contribution in [0.25, 0.3) is 11.4 Å². The fraction of sp³-hybridized carbons (Fsp3) is 0.429. The van der Waals surface area contributed by atoms with Crippen LogP contribution in [0, 0.1) is 5.92 Å². The Labute approximate surface area is 124 Å². The van der Waals surface area contributed by atoms with Gasteiger partial charge in [0.2, 0.25) is 11.7 Å². The zero-order chi connectivity index (χ0) is 13.1. The molecule has 0 spiro atoms. The number of nitrogens with one attached hydrogen (secondary N) is 1. The summed E-state index contributed by atoms with van der Waals surface area (Å²) in [5.74, 6) is 2.74. The number of benzene rings is 1. The molecule has 0 bridgehead atoms. The Morgan fingerprint density at radius 1 is 1.45 bits per heavy atom. The molecule has 3 rings (SSSR count). The van der Waals surface area contributed by atoms with E-state index in [2.05, 4.69) is 15.5 Å². The molecular weight excluding hydrogens is 278 g/mol. The van der Waals surface area contributed by atoms with Crippen molar-refractivity contribution in [3.63, 3.8) is 0 Å². The number of nitrogens with zero attached hydrogens (tertiary/aromatic N) is 2. The van der Waals surface area contributed by atoms with Crippen molar-refractivity contribution in [2.75, 3.05) is 20.2 Å². The van der Waals surface area contributed by atoms with Gasteiger partial charge >= 0.3 is 0 Å². The Kier molecular flexibility index (Phi) is 4.98. The molecule has 1 aliphatic rings. The molecule has 1 fully saturated rings. The molecule has 0 amide bonds. The smallest absolute Gasteiger partial charge is 0.227 e. The molecule has 0 saturated carbocycles. The van der Waals surface area contributed by atoms with E-state index in [0.717, 1.165) is 30.8 Å². The van der Waals surface area contributed by atoms with Crippen LogP contribution in [0.5, 0.6) is 5.75 Å². The van der Waals surface area contributed by atoms with Gasteiger partial charge in [-0.1, -0.05) is 17.3 Å². The molecule has 1 aromatic carbocycles. The van der Waals surface area contributed by atoms with Crippen LogP contribution in [0.1, 0.15) is 12.3 Å². The summed E-state index contributed by atoms with van der Waals surface area (Å²) in [6, 6.07) is 7.68. The molecule has 108 valence electrons. The van der Waals surface area contributed by atoms with Crippen molar-refractivity contribution in [3.8, 4) is 17.1 Å². The summed E-state index contributed by atoms with van der Waals surface area (Å²) < 4.78 is 10.5. The van der Waals surface area contributed by atoms with Crippen LogP contribution in [0.4, 0.5) is 0 Å². The highest BCUT2D eigenvalue weighted by Gasteiger charge is 2.18. The third-order valence-electron chi connectivity index (χ3n) is 3.42. The maximum atomic E-state index is 5.32. The second-order valence-electron chi connectivity index (χ2n) is 4.81. The highest BCUT2D eigenvalue weighted by atomic mass is 35.5. The van der Waals surface area contributed by atoms with Crippen molar-refractivity contribution >= 4 is 12.4 Å². The van der Waals surface area contributed by atoms with E-state index in [1.807, 2.05) is 24.3 Å². The van der Waals surface area contributed by atoms with Crippen LogP contribution in [0.2, 0.25) is 0 Å². The first-order valence-corrected chi connectivity index (χ1v) is 6.53. The first-order valence-electron chi connectivity index (χ1n) is 6.53. The van der Waals surface area contributed by atoms with E-state index >= 15 is 0 Å². The van der Waals surface area contributed by atoms with E-state index < -0.39 is 0 Å². The number of halogens is 1. The van der Waals surface area contributed by atoms with E-state index in [-0.39, 0.29) is 12.4 Å². The van der Waals surface area contributed by atoms with Gasteiger partial charge in [-0.15, -0.1) is 12.4 Å². The number of hydrogen-bond acceptors (Lipinski definition) is 5. The molecule has 1 N–H and O–H groups in total. The largest absolute Gasteiger partial charge is 0.497 e. The van der Waals surface area contributed by atoms with Gasteiger partial charge in [-0.25, -0.2) is 0 Å². The highest BCUT2D eigenvalue weighted by molar-refractivity contribution is 5.85. The number of aromatic nitrogens is 2. The van der Waals surface area contributed by atoms with Crippen molar-refractivity contribution in [2.24, 2.45) is 5.92 Å². The van der Waals surface area contributed by atoms with Gasteiger partial charge in [0, 0.05) is 12.0 Å². The Morgan fingerprint density at radius 2 is 2.35 bits per heavy atom. The maximum Gasteiger partial charge on any atom is 0.227 e. The van der Waals surface area contributed by atoms with Gasteiger partial charge in [0.25, 0.3) is 0 Å². The molecule has 1 aromatic heterocycles. The lowest BCUT2D eigenvalue weighted by Crippen LogP contribution is -2.10. The third-order valence-corrected chi connectivity index (χ3v) is 3.42. The summed E-state index contributed by atoms with van der Waals surface area (Å²) in [6.45, 7) is 2.12. The maximum absolute atomic E-state index is 5.32. The molecule has 6 heteroatoms. The molecule has 0 aliphatic carbocycles. The van der Waals surface area contributed by atoms with Gasteiger partial charge in [-0.05, 0) is 37.6 Å². The van der Waals surface area contributed by atoms with E-state index in [4.69, 9.17) is 9.26 Å². The van der Waals surface area contributed by atoms with E-state index in [0.29, 0.717) is 17.6 Å². The second-order valence-corrected chi connectivity index (χ2v) is 4.81. The number of ether oxygens (including phenoxy) is 1. The van der Waals surface area contributed by atoms with Crippen molar-refractivity contribution in [1.29, 1.82) is 0 Å². The minimum Gasteiger partial charge on any atom is -0.497 e. The molecular formula is C14H18ClN3O2. The summed E-state index contributed by atoms with van der Waals surface area (Å²) in [5, 5.41) is 7.38. The van der Waals surface area contributed by atoms with Gasteiger partial charge < -0.3 is 14.6 Å². The molecule has 2 aromatic rings.